The van der Waals surface area contributed by atoms with E-state index in [-0.39, 0.29) is 23.8 Å². The number of fused-ring (bicyclic) bond motifs is 2. The molecular weight excluding hydrogens is 462 g/mol. The van der Waals surface area contributed by atoms with E-state index >= 15 is 0 Å². The van der Waals surface area contributed by atoms with Crippen molar-refractivity contribution < 1.29 is 14.6 Å². The van der Waals surface area contributed by atoms with Crippen molar-refractivity contribution in [3.05, 3.63) is 52.4 Å². The second-order valence-electron chi connectivity index (χ2n) is 8.29. The van der Waals surface area contributed by atoms with Gasteiger partial charge in [0, 0.05) is 28.7 Å². The van der Waals surface area contributed by atoms with E-state index in [1.165, 1.54) is 0 Å². The van der Waals surface area contributed by atoms with Crippen LogP contribution in [-0.4, -0.2) is 38.6 Å². The second-order valence-corrected chi connectivity index (χ2v) is 9.21. The monoisotopic (exact) mass is 485 g/mol. The highest BCUT2D eigenvalue weighted by molar-refractivity contribution is 9.11. The van der Waals surface area contributed by atoms with Gasteiger partial charge in [0.25, 0.3) is 0 Å². The fourth-order valence-corrected chi connectivity index (χ4v) is 5.48. The number of methoxy groups -OCH3 is 1. The largest absolute Gasteiger partial charge is 0.499 e. The van der Waals surface area contributed by atoms with Crippen molar-refractivity contribution in [2.45, 2.75) is 37.6 Å². The Labute approximate surface area is 188 Å². The Morgan fingerprint density at radius 2 is 2.10 bits per heavy atom. The number of carboxylic acids is 1. The number of hydrogen-bond donors (Lipinski definition) is 3. The van der Waals surface area contributed by atoms with Gasteiger partial charge in [-0.2, -0.15) is 0 Å². The van der Waals surface area contributed by atoms with Crippen LogP contribution in [0.4, 0.5) is 5.82 Å². The first-order valence-corrected chi connectivity index (χ1v) is 11.2. The summed E-state index contributed by atoms with van der Waals surface area (Å²) in [4.78, 5) is 20.7. The van der Waals surface area contributed by atoms with Crippen LogP contribution in [0.3, 0.4) is 0 Å². The van der Waals surface area contributed by atoms with Gasteiger partial charge in [0.05, 0.1) is 24.8 Å². The summed E-state index contributed by atoms with van der Waals surface area (Å²) in [5, 5.41) is 12.9. The molecule has 1 fully saturated rings. The van der Waals surface area contributed by atoms with Gasteiger partial charge in [-0.1, -0.05) is 15.9 Å². The molecule has 162 valence electrons. The Hall–Kier alpha value is -2.81. The normalized spacial score (nSPS) is 27.7. The quantitative estimate of drug-likeness (QED) is 0.607. The maximum absolute atomic E-state index is 11.3. The third-order valence-corrected chi connectivity index (χ3v) is 7.38. The summed E-state index contributed by atoms with van der Waals surface area (Å²) in [6, 6.07) is -0.0107. The fraction of sp³-hybridized carbons (Fsp3) is 0.409. The molecule has 0 amide bonds. The van der Waals surface area contributed by atoms with E-state index in [1.54, 1.807) is 13.3 Å². The number of nitrogens with one attached hydrogen (secondary N) is 1. The van der Waals surface area contributed by atoms with Gasteiger partial charge >= 0.3 is 5.97 Å². The van der Waals surface area contributed by atoms with Crippen molar-refractivity contribution in [2.75, 3.05) is 12.8 Å². The molecule has 2 aromatic heterocycles. The topological polar surface area (TPSA) is 115 Å². The highest BCUT2D eigenvalue weighted by Crippen LogP contribution is 2.41. The molecular formula is C22H24BrN5O3. The summed E-state index contributed by atoms with van der Waals surface area (Å²) in [7, 11) is 1.68. The Morgan fingerprint density at radius 1 is 1.32 bits per heavy atom. The SMILES string of the molecule is COC1=CC=C(Br)C2C=C(c3nc([C@H]4CC[C@H](C(=O)O)CC4)n4ccnc(N)c34)NC12. The average Bonchev–Trinajstić information content (AvgIpc) is 3.38. The van der Waals surface area contributed by atoms with E-state index in [2.05, 4.69) is 32.3 Å². The molecule has 2 atom stereocenters. The van der Waals surface area contributed by atoms with E-state index < -0.39 is 5.97 Å². The van der Waals surface area contributed by atoms with Crippen LogP contribution in [0.2, 0.25) is 0 Å². The average molecular weight is 486 g/mol. The van der Waals surface area contributed by atoms with Gasteiger partial charge < -0.3 is 20.9 Å². The summed E-state index contributed by atoms with van der Waals surface area (Å²) in [6.45, 7) is 0. The summed E-state index contributed by atoms with van der Waals surface area (Å²) < 4.78 is 8.66. The molecule has 4 N–H and O–H groups in total. The molecule has 31 heavy (non-hydrogen) atoms. The number of ether oxygens (including phenoxy) is 1. The van der Waals surface area contributed by atoms with E-state index in [0.29, 0.717) is 18.7 Å². The minimum Gasteiger partial charge on any atom is -0.499 e. The van der Waals surface area contributed by atoms with Crippen molar-refractivity contribution >= 4 is 38.9 Å². The van der Waals surface area contributed by atoms with Gasteiger partial charge in [-0.3, -0.25) is 9.20 Å². The molecule has 3 aliphatic rings. The number of nitrogens with zero attached hydrogens (tertiary/aromatic N) is 3. The number of carboxylic acid groups (broad SMARTS) is 1. The molecule has 0 saturated heterocycles. The molecule has 1 aliphatic heterocycles. The number of anilines is 1. The molecule has 1 saturated carbocycles. The smallest absolute Gasteiger partial charge is 0.306 e. The number of aromatic nitrogens is 3. The predicted octanol–water partition coefficient (Wildman–Crippen LogP) is 3.42. The number of imidazole rings is 1. The number of allylic oxidation sites excluding steroid dienone is 2. The summed E-state index contributed by atoms with van der Waals surface area (Å²) in [5.74, 6) is 1.52. The van der Waals surface area contributed by atoms with Crippen LogP contribution in [0.1, 0.15) is 43.1 Å². The van der Waals surface area contributed by atoms with Crippen LogP contribution in [0.15, 0.2) is 40.9 Å². The highest BCUT2D eigenvalue weighted by Gasteiger charge is 2.37. The number of nitrogen functional groups attached to an aromatic ring is 1. The van der Waals surface area contributed by atoms with E-state index in [4.69, 9.17) is 15.5 Å². The highest BCUT2D eigenvalue weighted by atomic mass is 79.9. The zero-order valence-corrected chi connectivity index (χ0v) is 18.7. The maximum atomic E-state index is 11.3. The molecule has 0 radical (unpaired) electrons. The number of halogens is 1. The van der Waals surface area contributed by atoms with Crippen LogP contribution in [0.5, 0.6) is 0 Å². The van der Waals surface area contributed by atoms with Gasteiger partial charge in [-0.25, -0.2) is 9.97 Å². The maximum Gasteiger partial charge on any atom is 0.306 e. The van der Waals surface area contributed by atoms with Crippen LogP contribution in [-0.2, 0) is 9.53 Å². The molecule has 0 bridgehead atoms. The van der Waals surface area contributed by atoms with Crippen LogP contribution in [0, 0.1) is 11.8 Å². The van der Waals surface area contributed by atoms with E-state index in [9.17, 15) is 9.90 Å². The van der Waals surface area contributed by atoms with Crippen molar-refractivity contribution in [1.29, 1.82) is 0 Å². The molecule has 3 heterocycles. The van der Waals surface area contributed by atoms with Gasteiger partial charge in [0.2, 0.25) is 0 Å². The Kier molecular flexibility index (Phi) is 5.00. The molecule has 2 aromatic rings. The lowest BCUT2D eigenvalue weighted by Gasteiger charge is -2.25. The number of hydrogen-bond acceptors (Lipinski definition) is 6. The van der Waals surface area contributed by atoms with Gasteiger partial charge in [0.15, 0.2) is 0 Å². The van der Waals surface area contributed by atoms with Crippen molar-refractivity contribution in [1.82, 2.24) is 19.7 Å². The standard InChI is InChI=1S/C22H24BrN5O3/c1-31-16-7-6-14(23)13-10-15(26-17(13)16)18-19-20(24)25-8-9-28(19)21(27-18)11-2-4-12(5-3-11)22(29)30/h6-13,17,26H,2-5H2,1H3,(H2,24,25)(H,29,30)/t11-,12-,13?,17?. The predicted molar refractivity (Wildman–Crippen MR) is 120 cm³/mol. The zero-order chi connectivity index (χ0) is 21.7. The molecule has 2 aliphatic carbocycles. The number of rotatable bonds is 4. The van der Waals surface area contributed by atoms with E-state index in [0.717, 1.165) is 45.8 Å². The van der Waals surface area contributed by atoms with Gasteiger partial charge in [0.1, 0.15) is 28.6 Å². The Morgan fingerprint density at radius 3 is 2.81 bits per heavy atom. The minimum atomic E-state index is -0.705. The van der Waals surface area contributed by atoms with Crippen LogP contribution < -0.4 is 11.1 Å². The molecule has 8 nitrogen and oxygen atoms in total. The first-order valence-electron chi connectivity index (χ1n) is 10.4. The van der Waals surface area contributed by atoms with Gasteiger partial charge in [-0.05, 0) is 43.9 Å². The van der Waals surface area contributed by atoms with Crippen molar-refractivity contribution in [3.8, 4) is 0 Å². The van der Waals surface area contributed by atoms with E-state index in [1.807, 2.05) is 22.7 Å². The van der Waals surface area contributed by atoms with Crippen LogP contribution in [0.25, 0.3) is 11.2 Å². The summed E-state index contributed by atoms with van der Waals surface area (Å²) in [6.07, 6.45) is 12.6. The number of carbonyl (C=O) groups is 1. The number of aliphatic carboxylic acids is 1. The molecule has 9 heteroatoms. The fourth-order valence-electron chi connectivity index (χ4n) is 4.95. The zero-order valence-electron chi connectivity index (χ0n) is 17.1. The van der Waals surface area contributed by atoms with Crippen LogP contribution >= 0.6 is 15.9 Å². The van der Waals surface area contributed by atoms with Gasteiger partial charge in [-0.15, -0.1) is 0 Å². The molecule has 2 unspecified atom stereocenters. The minimum absolute atomic E-state index is 0.0107. The molecule has 0 aromatic carbocycles. The lowest BCUT2D eigenvalue weighted by Crippen LogP contribution is -2.32. The third kappa shape index (κ3) is 3.31. The summed E-state index contributed by atoms with van der Waals surface area (Å²) >= 11 is 3.67. The first-order chi connectivity index (χ1) is 15.0. The number of nitrogens with two attached hydrogens (primary N) is 1. The van der Waals surface area contributed by atoms with Crippen molar-refractivity contribution in [3.63, 3.8) is 0 Å². The van der Waals surface area contributed by atoms with Crippen molar-refractivity contribution in [2.24, 2.45) is 11.8 Å². The first kappa shape index (κ1) is 20.1. The third-order valence-electron chi connectivity index (χ3n) is 6.59. The second kappa shape index (κ2) is 7.71. The summed E-state index contributed by atoms with van der Waals surface area (Å²) in [5.41, 5.74) is 8.74. The lowest BCUT2D eigenvalue weighted by molar-refractivity contribution is -0.142. The lowest BCUT2D eigenvalue weighted by atomic mass is 9.81. The molecule has 0 spiro atoms. The Bertz CT molecular complexity index is 1140. The molecule has 5 rings (SSSR count). The Balaban J connectivity index is 1.54.